The summed E-state index contributed by atoms with van der Waals surface area (Å²) in [5.41, 5.74) is 1.60. The van der Waals surface area contributed by atoms with E-state index in [0.717, 1.165) is 10.2 Å². The van der Waals surface area contributed by atoms with Crippen LogP contribution < -0.4 is 5.32 Å². The third-order valence-electron chi connectivity index (χ3n) is 2.84. The van der Waals surface area contributed by atoms with Crippen LogP contribution in [0.1, 0.15) is 5.56 Å². The Morgan fingerprint density at radius 1 is 1.24 bits per heavy atom. The van der Waals surface area contributed by atoms with Crippen molar-refractivity contribution in [3.63, 3.8) is 0 Å². The fourth-order valence-electron chi connectivity index (χ4n) is 1.85. The molecule has 0 atom stereocenters. The molecule has 0 fully saturated rings. The highest BCUT2D eigenvalue weighted by molar-refractivity contribution is 9.10. The first kappa shape index (κ1) is 13.6. The SMILES string of the molecule is O=C(Nc1ncnn2c(Br)ccc12)OCc1ccccc1. The molecule has 106 valence electrons. The predicted molar refractivity (Wildman–Crippen MR) is 80.9 cm³/mol. The van der Waals surface area contributed by atoms with E-state index in [1.54, 1.807) is 10.6 Å². The van der Waals surface area contributed by atoms with Gasteiger partial charge in [-0.05, 0) is 33.6 Å². The number of carbonyl (C=O) groups is 1. The molecule has 0 saturated carbocycles. The largest absolute Gasteiger partial charge is 0.444 e. The quantitative estimate of drug-likeness (QED) is 0.790. The maximum absolute atomic E-state index is 11.8. The summed E-state index contributed by atoms with van der Waals surface area (Å²) >= 11 is 3.36. The van der Waals surface area contributed by atoms with E-state index in [0.29, 0.717) is 11.3 Å². The number of hydrogen-bond acceptors (Lipinski definition) is 4. The molecule has 3 aromatic rings. The van der Waals surface area contributed by atoms with Crippen LogP contribution in [0.3, 0.4) is 0 Å². The van der Waals surface area contributed by atoms with Crippen LogP contribution in [0.5, 0.6) is 0 Å². The van der Waals surface area contributed by atoms with E-state index in [4.69, 9.17) is 4.74 Å². The van der Waals surface area contributed by atoms with Gasteiger partial charge in [0.25, 0.3) is 0 Å². The number of carbonyl (C=O) groups excluding carboxylic acids is 1. The highest BCUT2D eigenvalue weighted by Gasteiger charge is 2.10. The van der Waals surface area contributed by atoms with Crippen LogP contribution in [-0.2, 0) is 11.3 Å². The summed E-state index contributed by atoms with van der Waals surface area (Å²) in [5.74, 6) is 0.397. The van der Waals surface area contributed by atoms with Gasteiger partial charge in [0.1, 0.15) is 23.1 Å². The maximum atomic E-state index is 11.8. The lowest BCUT2D eigenvalue weighted by atomic mass is 10.2. The number of fused-ring (bicyclic) bond motifs is 1. The average Bonchev–Trinajstić information content (AvgIpc) is 2.89. The van der Waals surface area contributed by atoms with Gasteiger partial charge in [-0.25, -0.2) is 14.3 Å². The first-order valence-electron chi connectivity index (χ1n) is 6.20. The summed E-state index contributed by atoms with van der Waals surface area (Å²) < 4.78 is 7.56. The fraction of sp³-hybridized carbons (Fsp3) is 0.0714. The minimum absolute atomic E-state index is 0.207. The van der Waals surface area contributed by atoms with Gasteiger partial charge in [-0.15, -0.1) is 0 Å². The number of anilines is 1. The lowest BCUT2D eigenvalue weighted by molar-refractivity contribution is 0.155. The molecule has 3 rings (SSSR count). The van der Waals surface area contributed by atoms with E-state index in [1.165, 1.54) is 6.33 Å². The third-order valence-corrected chi connectivity index (χ3v) is 3.44. The van der Waals surface area contributed by atoms with Crippen molar-refractivity contribution in [3.8, 4) is 0 Å². The summed E-state index contributed by atoms with van der Waals surface area (Å²) in [6.07, 6.45) is 0.807. The van der Waals surface area contributed by atoms with Crippen molar-refractivity contribution in [1.82, 2.24) is 14.6 Å². The second kappa shape index (κ2) is 5.92. The third kappa shape index (κ3) is 3.03. The Labute approximate surface area is 128 Å². The van der Waals surface area contributed by atoms with E-state index in [9.17, 15) is 4.79 Å². The zero-order valence-corrected chi connectivity index (χ0v) is 12.4. The summed E-state index contributed by atoms with van der Waals surface area (Å²) in [5, 5.41) is 6.68. The van der Waals surface area contributed by atoms with Crippen molar-refractivity contribution in [2.45, 2.75) is 6.61 Å². The number of nitrogens with zero attached hydrogens (tertiary/aromatic N) is 3. The van der Waals surface area contributed by atoms with Crippen molar-refractivity contribution < 1.29 is 9.53 Å². The first-order valence-corrected chi connectivity index (χ1v) is 6.99. The molecule has 0 unspecified atom stereocenters. The number of hydrogen-bond donors (Lipinski definition) is 1. The smallest absolute Gasteiger partial charge is 0.413 e. The lowest BCUT2D eigenvalue weighted by Crippen LogP contribution is -2.15. The number of benzene rings is 1. The molecule has 1 amide bonds. The van der Waals surface area contributed by atoms with Crippen molar-refractivity contribution in [1.29, 1.82) is 0 Å². The molecule has 7 heteroatoms. The Bertz CT molecular complexity index is 773. The van der Waals surface area contributed by atoms with E-state index in [2.05, 4.69) is 31.3 Å². The van der Waals surface area contributed by atoms with Crippen LogP contribution in [-0.4, -0.2) is 20.7 Å². The zero-order valence-electron chi connectivity index (χ0n) is 10.9. The molecule has 0 bridgehead atoms. The highest BCUT2D eigenvalue weighted by Crippen LogP contribution is 2.19. The Hall–Kier alpha value is -2.41. The minimum atomic E-state index is -0.559. The fourth-order valence-corrected chi connectivity index (χ4v) is 2.27. The monoisotopic (exact) mass is 346 g/mol. The van der Waals surface area contributed by atoms with Gasteiger partial charge < -0.3 is 4.74 Å². The van der Waals surface area contributed by atoms with Gasteiger partial charge in [0.05, 0.1) is 0 Å². The predicted octanol–water partition coefficient (Wildman–Crippen LogP) is 3.24. The van der Waals surface area contributed by atoms with Crippen LogP contribution >= 0.6 is 15.9 Å². The van der Waals surface area contributed by atoms with Gasteiger partial charge in [0, 0.05) is 0 Å². The number of halogens is 1. The van der Waals surface area contributed by atoms with E-state index in [-0.39, 0.29) is 6.61 Å². The molecule has 0 aliphatic heterocycles. The van der Waals surface area contributed by atoms with Crippen LogP contribution in [0.15, 0.2) is 53.4 Å². The molecule has 21 heavy (non-hydrogen) atoms. The van der Waals surface area contributed by atoms with Gasteiger partial charge in [-0.2, -0.15) is 5.10 Å². The van der Waals surface area contributed by atoms with Crippen molar-refractivity contribution in [3.05, 3.63) is 59.0 Å². The normalized spacial score (nSPS) is 10.5. The highest BCUT2D eigenvalue weighted by atomic mass is 79.9. The molecule has 1 aromatic carbocycles. The van der Waals surface area contributed by atoms with Gasteiger partial charge >= 0.3 is 6.09 Å². The molecular formula is C14H11BrN4O2. The van der Waals surface area contributed by atoms with Gasteiger partial charge in [-0.3, -0.25) is 5.32 Å². The molecular weight excluding hydrogens is 336 g/mol. The molecule has 0 radical (unpaired) electrons. The van der Waals surface area contributed by atoms with Crippen LogP contribution in [0.25, 0.3) is 5.52 Å². The Balaban J connectivity index is 1.69. The van der Waals surface area contributed by atoms with Crippen molar-refractivity contribution >= 4 is 33.4 Å². The van der Waals surface area contributed by atoms with E-state index < -0.39 is 6.09 Å². The number of rotatable bonds is 3. The zero-order chi connectivity index (χ0) is 14.7. The van der Waals surface area contributed by atoms with E-state index >= 15 is 0 Å². The molecule has 1 N–H and O–H groups in total. The molecule has 0 saturated heterocycles. The number of nitrogens with one attached hydrogen (secondary N) is 1. The molecule has 0 spiro atoms. The van der Waals surface area contributed by atoms with Crippen LogP contribution in [0.4, 0.5) is 10.6 Å². The summed E-state index contributed by atoms with van der Waals surface area (Å²) in [6.45, 7) is 0.207. The standard InChI is InChI=1S/C14H11BrN4O2/c15-12-7-6-11-13(16-9-17-19(11)12)18-14(20)21-8-10-4-2-1-3-5-10/h1-7,9H,8H2,(H,16,17,18,20). The second-order valence-electron chi connectivity index (χ2n) is 4.25. The molecule has 0 aliphatic carbocycles. The Kier molecular flexibility index (Phi) is 3.83. The summed E-state index contributed by atoms with van der Waals surface area (Å²) in [4.78, 5) is 15.9. The van der Waals surface area contributed by atoms with Gasteiger partial charge in [0.15, 0.2) is 5.82 Å². The van der Waals surface area contributed by atoms with E-state index in [1.807, 2.05) is 36.4 Å². The van der Waals surface area contributed by atoms with Gasteiger partial charge in [0.2, 0.25) is 0 Å². The lowest BCUT2D eigenvalue weighted by Gasteiger charge is -2.07. The Morgan fingerprint density at radius 3 is 2.86 bits per heavy atom. The van der Waals surface area contributed by atoms with Crippen molar-refractivity contribution in [2.75, 3.05) is 5.32 Å². The summed E-state index contributed by atoms with van der Waals surface area (Å²) in [7, 11) is 0. The Morgan fingerprint density at radius 2 is 2.05 bits per heavy atom. The number of aromatic nitrogens is 3. The second-order valence-corrected chi connectivity index (χ2v) is 5.06. The first-order chi connectivity index (χ1) is 10.2. The maximum Gasteiger partial charge on any atom is 0.413 e. The molecule has 2 heterocycles. The topological polar surface area (TPSA) is 68.5 Å². The van der Waals surface area contributed by atoms with Crippen LogP contribution in [0, 0.1) is 0 Å². The number of amides is 1. The molecule has 0 aliphatic rings. The van der Waals surface area contributed by atoms with Gasteiger partial charge in [-0.1, -0.05) is 30.3 Å². The molecule has 2 aromatic heterocycles. The minimum Gasteiger partial charge on any atom is -0.444 e. The van der Waals surface area contributed by atoms with Crippen molar-refractivity contribution in [2.24, 2.45) is 0 Å². The average molecular weight is 347 g/mol. The summed E-state index contributed by atoms with van der Waals surface area (Å²) in [6, 6.07) is 13.1. The number of ether oxygens (including phenoxy) is 1. The van der Waals surface area contributed by atoms with Crippen LogP contribution in [0.2, 0.25) is 0 Å². The molecule has 6 nitrogen and oxygen atoms in total.